The average Bonchev–Trinajstić information content (AvgIpc) is 3.10. The first-order valence-corrected chi connectivity index (χ1v) is 21.4. The Labute approximate surface area is 310 Å². The van der Waals surface area contributed by atoms with Crippen molar-refractivity contribution in [2.24, 2.45) is 5.73 Å². The van der Waals surface area contributed by atoms with Crippen LogP contribution in [0.15, 0.2) is 0 Å². The van der Waals surface area contributed by atoms with Crippen LogP contribution < -0.4 is 11.1 Å². The molecule has 0 saturated carbocycles. The van der Waals surface area contributed by atoms with Gasteiger partial charge in [0.1, 0.15) is 0 Å². The van der Waals surface area contributed by atoms with Crippen LogP contribution in [0.5, 0.6) is 0 Å². The summed E-state index contributed by atoms with van der Waals surface area (Å²) < 4.78 is 28.3. The van der Waals surface area contributed by atoms with E-state index in [4.69, 9.17) is 34.5 Å². The van der Waals surface area contributed by atoms with E-state index in [1.807, 2.05) is 0 Å². The Morgan fingerprint density at radius 3 is 1.56 bits per heavy atom. The van der Waals surface area contributed by atoms with E-state index in [2.05, 4.69) is 19.2 Å². The summed E-state index contributed by atoms with van der Waals surface area (Å²) >= 11 is 1.65. The van der Waals surface area contributed by atoms with Crippen LogP contribution in [-0.2, 0) is 33.3 Å². The van der Waals surface area contributed by atoms with Gasteiger partial charge in [0.15, 0.2) is 0 Å². The maximum atomic E-state index is 12.5. The Kier molecular flexibility index (Phi) is 40.0. The van der Waals surface area contributed by atoms with Gasteiger partial charge in [-0.1, -0.05) is 129 Å². The minimum absolute atomic E-state index is 0.00358. The van der Waals surface area contributed by atoms with Crippen molar-refractivity contribution in [3.05, 3.63) is 0 Å². The maximum Gasteiger partial charge on any atom is 0.305 e. The third-order valence-electron chi connectivity index (χ3n) is 8.49. The van der Waals surface area contributed by atoms with Crippen molar-refractivity contribution in [2.75, 3.05) is 77.5 Å². The van der Waals surface area contributed by atoms with Crippen LogP contribution in [0, 0.1) is 0 Å². The molecule has 0 fully saturated rings. The van der Waals surface area contributed by atoms with Crippen LogP contribution in [0.2, 0.25) is 0 Å². The zero-order chi connectivity index (χ0) is 36.6. The number of amides is 1. The van der Waals surface area contributed by atoms with Crippen LogP contribution >= 0.6 is 11.8 Å². The molecule has 0 aliphatic rings. The second-order valence-corrected chi connectivity index (χ2v) is 14.4. The highest BCUT2D eigenvalue weighted by Gasteiger charge is 2.16. The molecule has 0 aromatic rings. The monoisotopic (exact) mass is 735 g/mol. The van der Waals surface area contributed by atoms with Crippen LogP contribution in [0.25, 0.3) is 0 Å². The SMILES string of the molecule is CCCCCCCCCCCCOCC(CSCC(N)C(=O)NCCOCCOCCOCCC(=O)O)OCCCCCCCCCCCC. The van der Waals surface area contributed by atoms with Gasteiger partial charge >= 0.3 is 5.97 Å². The van der Waals surface area contributed by atoms with Crippen molar-refractivity contribution in [1.82, 2.24) is 5.32 Å². The summed E-state index contributed by atoms with van der Waals surface area (Å²) in [4.78, 5) is 22.9. The van der Waals surface area contributed by atoms with Gasteiger partial charge in [-0.05, 0) is 12.8 Å². The lowest BCUT2D eigenvalue weighted by molar-refractivity contribution is -0.138. The number of nitrogens with one attached hydrogen (secondary N) is 1. The molecule has 50 heavy (non-hydrogen) atoms. The van der Waals surface area contributed by atoms with Crippen molar-refractivity contribution in [1.29, 1.82) is 0 Å². The van der Waals surface area contributed by atoms with Gasteiger partial charge in [0.05, 0.1) is 64.8 Å². The molecule has 4 N–H and O–H groups in total. The van der Waals surface area contributed by atoms with E-state index in [1.54, 1.807) is 11.8 Å². The third kappa shape index (κ3) is 38.3. The summed E-state index contributed by atoms with van der Waals surface area (Å²) in [6.45, 7) is 9.10. The first-order chi connectivity index (χ1) is 24.5. The number of ether oxygens (including phenoxy) is 5. The molecule has 0 bridgehead atoms. The fraction of sp³-hybridized carbons (Fsp3) is 0.949. The van der Waals surface area contributed by atoms with E-state index in [1.165, 1.54) is 116 Å². The van der Waals surface area contributed by atoms with Gasteiger partial charge in [-0.15, -0.1) is 0 Å². The van der Waals surface area contributed by atoms with E-state index < -0.39 is 12.0 Å². The van der Waals surface area contributed by atoms with Crippen molar-refractivity contribution in [3.8, 4) is 0 Å². The second-order valence-electron chi connectivity index (χ2n) is 13.3. The van der Waals surface area contributed by atoms with E-state index in [0.717, 1.165) is 31.8 Å². The molecular weight excluding hydrogens is 657 g/mol. The number of rotatable bonds is 42. The van der Waals surface area contributed by atoms with E-state index in [9.17, 15) is 9.59 Å². The minimum Gasteiger partial charge on any atom is -0.481 e. The van der Waals surface area contributed by atoms with Crippen molar-refractivity contribution in [3.63, 3.8) is 0 Å². The molecule has 0 spiro atoms. The van der Waals surface area contributed by atoms with Crippen LogP contribution in [-0.4, -0.2) is 107 Å². The number of aliphatic carboxylic acids is 1. The summed E-state index contributed by atoms with van der Waals surface area (Å²) in [6, 6.07) is -0.598. The molecule has 0 aromatic heterocycles. The fourth-order valence-electron chi connectivity index (χ4n) is 5.37. The first kappa shape index (κ1) is 49.0. The Hall–Kier alpha value is -0.950. The van der Waals surface area contributed by atoms with E-state index in [0.29, 0.717) is 51.9 Å². The molecule has 0 radical (unpaired) electrons. The van der Waals surface area contributed by atoms with Gasteiger partial charge < -0.3 is 39.8 Å². The highest BCUT2D eigenvalue weighted by atomic mass is 32.2. The molecule has 298 valence electrons. The smallest absolute Gasteiger partial charge is 0.305 e. The van der Waals surface area contributed by atoms with Gasteiger partial charge in [-0.25, -0.2) is 0 Å². The van der Waals surface area contributed by atoms with Gasteiger partial charge in [0.2, 0.25) is 5.91 Å². The third-order valence-corrected chi connectivity index (χ3v) is 9.69. The molecule has 11 heteroatoms. The van der Waals surface area contributed by atoms with Gasteiger partial charge in [-0.3, -0.25) is 9.59 Å². The summed E-state index contributed by atoms with van der Waals surface area (Å²) in [5.41, 5.74) is 6.17. The number of unbranched alkanes of at least 4 members (excludes halogenated alkanes) is 18. The summed E-state index contributed by atoms with van der Waals surface area (Å²) in [5.74, 6) is 0.210. The highest BCUT2D eigenvalue weighted by Crippen LogP contribution is 2.14. The van der Waals surface area contributed by atoms with Crippen LogP contribution in [0.1, 0.15) is 149 Å². The molecule has 10 nitrogen and oxygen atoms in total. The Bertz CT molecular complexity index is 722. The normalized spacial score (nSPS) is 12.7. The van der Waals surface area contributed by atoms with Crippen LogP contribution in [0.3, 0.4) is 0 Å². The van der Waals surface area contributed by atoms with Crippen molar-refractivity contribution >= 4 is 23.6 Å². The predicted octanol–water partition coefficient (Wildman–Crippen LogP) is 7.93. The molecular formula is C39H78N2O8S. The molecule has 2 atom stereocenters. The molecule has 1 amide bonds. The zero-order valence-corrected chi connectivity index (χ0v) is 33.1. The van der Waals surface area contributed by atoms with Gasteiger partial charge in [-0.2, -0.15) is 11.8 Å². The molecule has 0 aromatic carbocycles. The Balaban J connectivity index is 4.12. The molecule has 2 unspecified atom stereocenters. The van der Waals surface area contributed by atoms with Gasteiger partial charge in [0, 0.05) is 31.3 Å². The van der Waals surface area contributed by atoms with E-state index >= 15 is 0 Å². The second kappa shape index (κ2) is 40.8. The topological polar surface area (TPSA) is 139 Å². The molecule has 0 saturated heterocycles. The van der Waals surface area contributed by atoms with Crippen LogP contribution in [0.4, 0.5) is 0 Å². The molecule has 0 aliphatic carbocycles. The Morgan fingerprint density at radius 1 is 0.580 bits per heavy atom. The summed E-state index contributed by atoms with van der Waals surface area (Å²) in [6.07, 6.45) is 26.2. The predicted molar refractivity (Wildman–Crippen MR) is 207 cm³/mol. The summed E-state index contributed by atoms with van der Waals surface area (Å²) in [7, 11) is 0. The number of carbonyl (C=O) groups excluding carboxylic acids is 1. The van der Waals surface area contributed by atoms with Gasteiger partial charge in [0.25, 0.3) is 0 Å². The first-order valence-electron chi connectivity index (χ1n) is 20.3. The number of carbonyl (C=O) groups is 2. The summed E-state index contributed by atoms with van der Waals surface area (Å²) in [5, 5.41) is 11.4. The minimum atomic E-state index is -0.880. The zero-order valence-electron chi connectivity index (χ0n) is 32.3. The number of nitrogens with two attached hydrogens (primary N) is 1. The number of hydrogen-bond acceptors (Lipinski definition) is 9. The van der Waals surface area contributed by atoms with Crippen molar-refractivity contribution in [2.45, 2.75) is 161 Å². The number of carboxylic acid groups (broad SMARTS) is 1. The Morgan fingerprint density at radius 2 is 1.04 bits per heavy atom. The van der Waals surface area contributed by atoms with E-state index in [-0.39, 0.29) is 25.0 Å². The number of carboxylic acids is 1. The quantitative estimate of drug-likeness (QED) is 0.0530. The fourth-order valence-corrected chi connectivity index (χ4v) is 6.37. The lowest BCUT2D eigenvalue weighted by Gasteiger charge is -2.19. The average molecular weight is 735 g/mol. The standard InChI is InChI=1S/C39H78N2O8S/c1-3-5-7-9-11-13-15-17-19-21-25-48-33-36(49-26-22-20-18-16-14-12-10-8-6-4-2)34-50-35-37(40)39(44)41-24-28-46-30-32-47-31-29-45-27-23-38(42)43/h36-37H,3-35,40H2,1-2H3,(H,41,44)(H,42,43). The number of hydrogen-bond donors (Lipinski definition) is 3. The highest BCUT2D eigenvalue weighted by molar-refractivity contribution is 7.99. The number of thioether (sulfide) groups is 1. The lowest BCUT2D eigenvalue weighted by Crippen LogP contribution is -2.43. The maximum absolute atomic E-state index is 12.5. The largest absolute Gasteiger partial charge is 0.481 e. The lowest BCUT2D eigenvalue weighted by atomic mass is 10.1. The van der Waals surface area contributed by atoms with Crippen molar-refractivity contribution < 1.29 is 38.4 Å². The molecule has 0 heterocycles. The molecule has 0 rings (SSSR count). The molecule has 0 aliphatic heterocycles.